The van der Waals surface area contributed by atoms with Crippen LogP contribution in [0.3, 0.4) is 0 Å². The van der Waals surface area contributed by atoms with Crippen LogP contribution in [-0.4, -0.2) is 73.3 Å². The molecule has 1 aliphatic heterocycles. The van der Waals surface area contributed by atoms with Crippen LogP contribution in [0, 0.1) is 6.92 Å². The van der Waals surface area contributed by atoms with Crippen LogP contribution in [0.15, 0.2) is 10.6 Å². The van der Waals surface area contributed by atoms with Crippen LogP contribution >= 0.6 is 0 Å². The van der Waals surface area contributed by atoms with Crippen molar-refractivity contribution in [3.8, 4) is 0 Å². The van der Waals surface area contributed by atoms with Crippen LogP contribution in [0.1, 0.15) is 18.4 Å². The summed E-state index contributed by atoms with van der Waals surface area (Å²) in [7, 11) is 1.64. The molecule has 124 valence electrons. The standard InChI is InChI=1S/C15H26N4O3/c1-12(11-21-3)16-15(20)10-19-6-4-18(5-7-19)9-14-8-13(2)22-17-14/h8,12H,4-7,9-11H2,1-3H3,(H,16,20). The van der Waals surface area contributed by atoms with E-state index < -0.39 is 0 Å². The van der Waals surface area contributed by atoms with Gasteiger partial charge in [-0.2, -0.15) is 0 Å². The summed E-state index contributed by atoms with van der Waals surface area (Å²) >= 11 is 0. The highest BCUT2D eigenvalue weighted by atomic mass is 16.5. The van der Waals surface area contributed by atoms with Crippen LogP contribution < -0.4 is 5.32 Å². The van der Waals surface area contributed by atoms with Gasteiger partial charge in [-0.1, -0.05) is 5.16 Å². The quantitative estimate of drug-likeness (QED) is 0.778. The highest BCUT2D eigenvalue weighted by Gasteiger charge is 2.20. The molecule has 1 aliphatic rings. The van der Waals surface area contributed by atoms with Crippen LogP contribution in [0.2, 0.25) is 0 Å². The number of carbonyl (C=O) groups is 1. The number of ether oxygens (including phenoxy) is 1. The van der Waals surface area contributed by atoms with E-state index in [1.54, 1.807) is 7.11 Å². The monoisotopic (exact) mass is 310 g/mol. The van der Waals surface area contributed by atoms with E-state index in [1.165, 1.54) is 0 Å². The molecule has 0 saturated carbocycles. The third-order valence-electron chi connectivity index (χ3n) is 3.72. The minimum atomic E-state index is 0.0502. The molecule has 0 radical (unpaired) electrons. The number of aryl methyl sites for hydroxylation is 1. The first-order valence-electron chi connectivity index (χ1n) is 7.72. The Bertz CT molecular complexity index is 469. The van der Waals surface area contributed by atoms with E-state index in [-0.39, 0.29) is 11.9 Å². The van der Waals surface area contributed by atoms with Crippen molar-refractivity contribution < 1.29 is 14.1 Å². The number of piperazine rings is 1. The lowest BCUT2D eigenvalue weighted by Crippen LogP contribution is -2.50. The second-order valence-corrected chi connectivity index (χ2v) is 5.91. The van der Waals surface area contributed by atoms with Gasteiger partial charge in [0.25, 0.3) is 0 Å². The number of aromatic nitrogens is 1. The molecular weight excluding hydrogens is 284 g/mol. The predicted octanol–water partition coefficient (Wildman–Crippen LogP) is 0.252. The number of nitrogens with zero attached hydrogens (tertiary/aromatic N) is 3. The largest absolute Gasteiger partial charge is 0.383 e. The molecule has 1 amide bonds. The molecule has 2 heterocycles. The lowest BCUT2D eigenvalue weighted by atomic mass is 10.2. The Morgan fingerprint density at radius 1 is 1.41 bits per heavy atom. The smallest absolute Gasteiger partial charge is 0.234 e. The summed E-state index contributed by atoms with van der Waals surface area (Å²) in [6.07, 6.45) is 0. The van der Waals surface area contributed by atoms with E-state index in [4.69, 9.17) is 9.26 Å². The molecule has 1 aromatic rings. The summed E-state index contributed by atoms with van der Waals surface area (Å²) in [5.74, 6) is 0.903. The van der Waals surface area contributed by atoms with Crippen LogP contribution in [0.5, 0.6) is 0 Å². The predicted molar refractivity (Wildman–Crippen MR) is 82.4 cm³/mol. The third-order valence-corrected chi connectivity index (χ3v) is 3.72. The molecule has 7 nitrogen and oxygen atoms in total. The van der Waals surface area contributed by atoms with Crippen molar-refractivity contribution in [3.05, 3.63) is 17.5 Å². The van der Waals surface area contributed by atoms with Gasteiger partial charge in [-0.3, -0.25) is 14.6 Å². The molecule has 1 aromatic heterocycles. The van der Waals surface area contributed by atoms with Gasteiger partial charge in [0.2, 0.25) is 5.91 Å². The number of hydrogen-bond donors (Lipinski definition) is 1. The Morgan fingerprint density at radius 2 is 2.09 bits per heavy atom. The molecule has 1 saturated heterocycles. The van der Waals surface area contributed by atoms with Crippen molar-refractivity contribution in [2.75, 3.05) is 46.4 Å². The molecule has 0 aliphatic carbocycles. The first-order valence-corrected chi connectivity index (χ1v) is 7.72. The fourth-order valence-corrected chi connectivity index (χ4v) is 2.64. The maximum absolute atomic E-state index is 11.9. The lowest BCUT2D eigenvalue weighted by Gasteiger charge is -2.33. The van der Waals surface area contributed by atoms with Crippen LogP contribution in [0.25, 0.3) is 0 Å². The van der Waals surface area contributed by atoms with E-state index in [1.807, 2.05) is 19.9 Å². The zero-order valence-electron chi connectivity index (χ0n) is 13.7. The van der Waals surface area contributed by atoms with Crippen molar-refractivity contribution >= 4 is 5.91 Å². The molecule has 1 atom stereocenters. The van der Waals surface area contributed by atoms with Crippen LogP contribution in [0.4, 0.5) is 0 Å². The average molecular weight is 310 g/mol. The highest BCUT2D eigenvalue weighted by Crippen LogP contribution is 2.08. The summed E-state index contributed by atoms with van der Waals surface area (Å²) in [6, 6.07) is 2.02. The molecule has 0 spiro atoms. The van der Waals surface area contributed by atoms with E-state index in [9.17, 15) is 4.79 Å². The van der Waals surface area contributed by atoms with Gasteiger partial charge in [0.1, 0.15) is 5.76 Å². The average Bonchev–Trinajstić information content (AvgIpc) is 2.86. The molecule has 0 bridgehead atoms. The van der Waals surface area contributed by atoms with E-state index in [2.05, 4.69) is 20.3 Å². The summed E-state index contributed by atoms with van der Waals surface area (Å²) in [5, 5.41) is 6.96. The Labute approximate surface area is 131 Å². The number of amides is 1. The van der Waals surface area contributed by atoms with Gasteiger partial charge in [-0.25, -0.2) is 0 Å². The highest BCUT2D eigenvalue weighted by molar-refractivity contribution is 5.78. The molecule has 22 heavy (non-hydrogen) atoms. The molecule has 0 aromatic carbocycles. The minimum absolute atomic E-state index is 0.0502. The summed E-state index contributed by atoms with van der Waals surface area (Å²) in [5.41, 5.74) is 0.970. The Morgan fingerprint density at radius 3 is 2.68 bits per heavy atom. The maximum atomic E-state index is 11.9. The fourth-order valence-electron chi connectivity index (χ4n) is 2.64. The molecule has 1 fully saturated rings. The first kappa shape index (κ1) is 16.9. The number of rotatable bonds is 7. The zero-order valence-corrected chi connectivity index (χ0v) is 13.7. The number of methoxy groups -OCH3 is 1. The number of hydrogen-bond acceptors (Lipinski definition) is 6. The van der Waals surface area contributed by atoms with Crippen molar-refractivity contribution in [3.63, 3.8) is 0 Å². The Balaban J connectivity index is 1.67. The van der Waals surface area contributed by atoms with Crippen LogP contribution in [-0.2, 0) is 16.1 Å². The van der Waals surface area contributed by atoms with Gasteiger partial charge >= 0.3 is 0 Å². The van der Waals surface area contributed by atoms with Gasteiger partial charge in [0, 0.05) is 51.9 Å². The van der Waals surface area contributed by atoms with Gasteiger partial charge < -0.3 is 14.6 Å². The normalized spacial score (nSPS) is 18.3. The molecule has 1 N–H and O–H groups in total. The number of nitrogens with one attached hydrogen (secondary N) is 1. The second kappa shape index (κ2) is 8.26. The zero-order chi connectivity index (χ0) is 15.9. The van der Waals surface area contributed by atoms with Gasteiger partial charge in [0.05, 0.1) is 18.8 Å². The Hall–Kier alpha value is -1.44. The number of carbonyl (C=O) groups excluding carboxylic acids is 1. The molecule has 2 rings (SSSR count). The van der Waals surface area contributed by atoms with Crippen molar-refractivity contribution in [2.24, 2.45) is 0 Å². The molecule has 7 heteroatoms. The minimum Gasteiger partial charge on any atom is -0.383 e. The van der Waals surface area contributed by atoms with Crippen molar-refractivity contribution in [2.45, 2.75) is 26.4 Å². The Kier molecular flexibility index (Phi) is 6.35. The van der Waals surface area contributed by atoms with Crippen molar-refractivity contribution in [1.82, 2.24) is 20.3 Å². The second-order valence-electron chi connectivity index (χ2n) is 5.91. The van der Waals surface area contributed by atoms with Crippen molar-refractivity contribution in [1.29, 1.82) is 0 Å². The maximum Gasteiger partial charge on any atom is 0.234 e. The van der Waals surface area contributed by atoms with Gasteiger partial charge in [-0.15, -0.1) is 0 Å². The summed E-state index contributed by atoms with van der Waals surface area (Å²) < 4.78 is 10.1. The molecule has 1 unspecified atom stereocenters. The topological polar surface area (TPSA) is 70.8 Å². The fraction of sp³-hybridized carbons (Fsp3) is 0.733. The van der Waals surface area contributed by atoms with Gasteiger partial charge in [0.15, 0.2) is 0 Å². The third kappa shape index (κ3) is 5.40. The molecular formula is C15H26N4O3. The summed E-state index contributed by atoms with van der Waals surface area (Å²) in [6.45, 7) is 9.30. The van der Waals surface area contributed by atoms with E-state index in [0.29, 0.717) is 13.2 Å². The van der Waals surface area contributed by atoms with E-state index in [0.717, 1.165) is 44.2 Å². The lowest BCUT2D eigenvalue weighted by molar-refractivity contribution is -0.123. The van der Waals surface area contributed by atoms with Gasteiger partial charge in [-0.05, 0) is 13.8 Å². The SMILES string of the molecule is COCC(C)NC(=O)CN1CCN(Cc2cc(C)on2)CC1. The summed E-state index contributed by atoms with van der Waals surface area (Å²) in [4.78, 5) is 16.4. The first-order chi connectivity index (χ1) is 10.6. The van der Waals surface area contributed by atoms with E-state index >= 15 is 0 Å².